The summed E-state index contributed by atoms with van der Waals surface area (Å²) in [6.45, 7) is 2.01. The molecular formula is C10H13NO4. The molecule has 0 N–H and O–H groups in total. The molecule has 0 saturated heterocycles. The minimum absolute atomic E-state index is 0.296. The van der Waals surface area contributed by atoms with E-state index < -0.39 is 12.1 Å². The fourth-order valence-corrected chi connectivity index (χ4v) is 1.14. The first-order valence-corrected chi connectivity index (χ1v) is 4.59. The normalized spacial score (nSPS) is 14.5. The zero-order valence-corrected chi connectivity index (χ0v) is 8.73. The maximum absolute atomic E-state index is 11.3. The molecule has 5 heteroatoms. The summed E-state index contributed by atoms with van der Waals surface area (Å²) in [6, 6.07) is 0. The van der Waals surface area contributed by atoms with Crippen LogP contribution in [0.1, 0.15) is 13.3 Å². The number of nitrogens with zero attached hydrogens (tertiary/aromatic N) is 1. The van der Waals surface area contributed by atoms with Crippen molar-refractivity contribution in [3.63, 3.8) is 0 Å². The number of hydrogen-bond donors (Lipinski definition) is 0. The van der Waals surface area contributed by atoms with Crippen LogP contribution in [0.3, 0.4) is 0 Å². The second-order valence-corrected chi connectivity index (χ2v) is 2.84. The van der Waals surface area contributed by atoms with Gasteiger partial charge in [-0.2, -0.15) is 0 Å². The van der Waals surface area contributed by atoms with Crippen molar-refractivity contribution in [2.24, 2.45) is 0 Å². The number of carbonyl (C=O) groups is 2. The van der Waals surface area contributed by atoms with Crippen LogP contribution in [0.25, 0.3) is 0 Å². The van der Waals surface area contributed by atoms with E-state index in [1.54, 1.807) is 19.2 Å². The first kappa shape index (κ1) is 11.3. The van der Waals surface area contributed by atoms with Gasteiger partial charge in [0.1, 0.15) is 0 Å². The molecular weight excluding hydrogens is 198 g/mol. The smallest absolute Gasteiger partial charge is 0.417 e. The SMILES string of the molecule is CCOC(=O)N1C=CCC(C(=O)OC)=C1. The Kier molecular flexibility index (Phi) is 3.91. The minimum atomic E-state index is -0.505. The first-order valence-electron chi connectivity index (χ1n) is 4.59. The molecule has 0 aliphatic carbocycles. The lowest BCUT2D eigenvalue weighted by molar-refractivity contribution is -0.136. The number of ether oxygens (including phenoxy) is 2. The van der Waals surface area contributed by atoms with Crippen LogP contribution < -0.4 is 0 Å². The van der Waals surface area contributed by atoms with Gasteiger partial charge in [0.25, 0.3) is 0 Å². The third-order valence-corrected chi connectivity index (χ3v) is 1.82. The lowest BCUT2D eigenvalue weighted by atomic mass is 10.1. The highest BCUT2D eigenvalue weighted by Gasteiger charge is 2.17. The van der Waals surface area contributed by atoms with Gasteiger partial charge in [-0.15, -0.1) is 0 Å². The van der Waals surface area contributed by atoms with E-state index in [1.165, 1.54) is 18.2 Å². The summed E-state index contributed by atoms with van der Waals surface area (Å²) in [7, 11) is 1.30. The molecule has 0 bridgehead atoms. The summed E-state index contributed by atoms with van der Waals surface area (Å²) < 4.78 is 9.34. The molecule has 0 aromatic rings. The van der Waals surface area contributed by atoms with Gasteiger partial charge in [-0.1, -0.05) is 6.08 Å². The van der Waals surface area contributed by atoms with Crippen LogP contribution in [-0.2, 0) is 14.3 Å². The molecule has 1 amide bonds. The summed E-state index contributed by atoms with van der Waals surface area (Å²) in [5.41, 5.74) is 0.424. The van der Waals surface area contributed by atoms with Gasteiger partial charge in [0.2, 0.25) is 0 Å². The van der Waals surface area contributed by atoms with E-state index in [1.807, 2.05) is 0 Å². The average molecular weight is 211 g/mol. The molecule has 5 nitrogen and oxygen atoms in total. The van der Waals surface area contributed by atoms with Crippen LogP contribution in [0, 0.1) is 0 Å². The quantitative estimate of drug-likeness (QED) is 0.648. The van der Waals surface area contributed by atoms with Crippen molar-refractivity contribution in [3.05, 3.63) is 24.0 Å². The number of carbonyl (C=O) groups excluding carboxylic acids is 2. The Morgan fingerprint density at radius 3 is 2.87 bits per heavy atom. The van der Waals surface area contributed by atoms with Gasteiger partial charge in [-0.25, -0.2) is 9.59 Å². The molecule has 0 saturated carbocycles. The van der Waals surface area contributed by atoms with E-state index in [9.17, 15) is 9.59 Å². The van der Waals surface area contributed by atoms with Crippen molar-refractivity contribution in [3.8, 4) is 0 Å². The van der Waals surface area contributed by atoms with E-state index in [0.717, 1.165) is 0 Å². The van der Waals surface area contributed by atoms with Gasteiger partial charge in [0, 0.05) is 18.8 Å². The summed E-state index contributed by atoms with van der Waals surface area (Å²) >= 11 is 0. The van der Waals surface area contributed by atoms with Crippen LogP contribution in [0.4, 0.5) is 4.79 Å². The largest absolute Gasteiger partial charge is 0.466 e. The number of esters is 1. The molecule has 0 spiro atoms. The van der Waals surface area contributed by atoms with E-state index in [-0.39, 0.29) is 0 Å². The van der Waals surface area contributed by atoms with Crippen LogP contribution >= 0.6 is 0 Å². The third-order valence-electron chi connectivity index (χ3n) is 1.82. The standard InChI is InChI=1S/C10H13NO4/c1-3-15-10(13)11-6-4-5-8(7-11)9(12)14-2/h4,6-7H,3,5H2,1-2H3. The number of amides is 1. The van der Waals surface area contributed by atoms with Gasteiger partial charge in [-0.05, 0) is 6.92 Å². The highest BCUT2D eigenvalue weighted by Crippen LogP contribution is 2.14. The summed E-state index contributed by atoms with van der Waals surface area (Å²) in [4.78, 5) is 23.7. The predicted octanol–water partition coefficient (Wildman–Crippen LogP) is 1.42. The molecule has 1 heterocycles. The minimum Gasteiger partial charge on any atom is -0.466 e. The summed E-state index contributed by atoms with van der Waals surface area (Å²) in [6.07, 6.45) is 4.63. The molecule has 0 aromatic carbocycles. The Balaban J connectivity index is 2.71. The number of allylic oxidation sites excluding steroid dienone is 1. The van der Waals surface area contributed by atoms with Crippen LogP contribution in [0.5, 0.6) is 0 Å². The lowest BCUT2D eigenvalue weighted by Gasteiger charge is -2.17. The van der Waals surface area contributed by atoms with Gasteiger partial charge in [0.05, 0.1) is 19.3 Å². The van der Waals surface area contributed by atoms with Crippen molar-refractivity contribution >= 4 is 12.1 Å². The van der Waals surface area contributed by atoms with Crippen molar-refractivity contribution in [2.45, 2.75) is 13.3 Å². The highest BCUT2D eigenvalue weighted by atomic mass is 16.6. The number of methoxy groups -OCH3 is 1. The van der Waals surface area contributed by atoms with Crippen molar-refractivity contribution in [2.75, 3.05) is 13.7 Å². The predicted molar refractivity (Wildman–Crippen MR) is 52.7 cm³/mol. The summed E-state index contributed by atoms with van der Waals surface area (Å²) in [5, 5.41) is 0. The van der Waals surface area contributed by atoms with Crippen LogP contribution in [-0.4, -0.2) is 30.7 Å². The maximum atomic E-state index is 11.3. The molecule has 1 rings (SSSR count). The van der Waals surface area contributed by atoms with E-state index in [2.05, 4.69) is 4.74 Å². The van der Waals surface area contributed by atoms with Crippen LogP contribution in [0.2, 0.25) is 0 Å². The Bertz CT molecular complexity index is 319. The van der Waals surface area contributed by atoms with Crippen molar-refractivity contribution < 1.29 is 19.1 Å². The zero-order chi connectivity index (χ0) is 11.3. The molecule has 0 radical (unpaired) electrons. The molecule has 0 unspecified atom stereocenters. The second kappa shape index (κ2) is 5.19. The van der Waals surface area contributed by atoms with Crippen LogP contribution in [0.15, 0.2) is 24.0 Å². The molecule has 0 fully saturated rings. The van der Waals surface area contributed by atoms with E-state index in [4.69, 9.17) is 4.74 Å². The average Bonchev–Trinajstić information content (AvgIpc) is 2.28. The van der Waals surface area contributed by atoms with Crippen molar-refractivity contribution in [1.29, 1.82) is 0 Å². The molecule has 0 aromatic heterocycles. The topological polar surface area (TPSA) is 55.8 Å². The molecule has 0 atom stereocenters. The Labute approximate surface area is 87.9 Å². The molecule has 1 aliphatic rings. The Morgan fingerprint density at radius 1 is 1.53 bits per heavy atom. The fourth-order valence-electron chi connectivity index (χ4n) is 1.14. The Hall–Kier alpha value is -1.78. The third kappa shape index (κ3) is 2.83. The number of rotatable bonds is 2. The molecule has 15 heavy (non-hydrogen) atoms. The highest BCUT2D eigenvalue weighted by molar-refractivity contribution is 5.89. The molecule has 1 aliphatic heterocycles. The van der Waals surface area contributed by atoms with E-state index in [0.29, 0.717) is 18.6 Å². The zero-order valence-electron chi connectivity index (χ0n) is 8.73. The first-order chi connectivity index (χ1) is 7.19. The Morgan fingerprint density at radius 2 is 2.27 bits per heavy atom. The monoisotopic (exact) mass is 211 g/mol. The second-order valence-electron chi connectivity index (χ2n) is 2.84. The van der Waals surface area contributed by atoms with E-state index >= 15 is 0 Å². The molecule has 82 valence electrons. The van der Waals surface area contributed by atoms with Gasteiger partial charge < -0.3 is 9.47 Å². The summed E-state index contributed by atoms with van der Waals surface area (Å²) in [5.74, 6) is -0.436. The maximum Gasteiger partial charge on any atom is 0.417 e. The van der Waals surface area contributed by atoms with Crippen molar-refractivity contribution in [1.82, 2.24) is 4.90 Å². The van der Waals surface area contributed by atoms with Gasteiger partial charge >= 0.3 is 12.1 Å². The fraction of sp³-hybridized carbons (Fsp3) is 0.400. The van der Waals surface area contributed by atoms with Gasteiger partial charge in [0.15, 0.2) is 0 Å². The van der Waals surface area contributed by atoms with Gasteiger partial charge in [-0.3, -0.25) is 4.90 Å². The lowest BCUT2D eigenvalue weighted by Crippen LogP contribution is -2.24. The number of hydrogen-bond acceptors (Lipinski definition) is 4.